The maximum atomic E-state index is 12.8. The highest BCUT2D eigenvalue weighted by Gasteiger charge is 2.32. The lowest BCUT2D eigenvalue weighted by Crippen LogP contribution is -2.39. The maximum absolute atomic E-state index is 12.8. The number of hydrogen-bond acceptors (Lipinski definition) is 5. The minimum absolute atomic E-state index is 0.0337. The van der Waals surface area contributed by atoms with Gasteiger partial charge in [0.05, 0.1) is 30.7 Å². The zero-order valence-corrected chi connectivity index (χ0v) is 14.6. The molecule has 7 nitrogen and oxygen atoms in total. The molecule has 0 aliphatic carbocycles. The predicted octanol–water partition coefficient (Wildman–Crippen LogP) is 1.73. The van der Waals surface area contributed by atoms with E-state index < -0.39 is 0 Å². The molecule has 2 aromatic heterocycles. The van der Waals surface area contributed by atoms with Gasteiger partial charge in [0, 0.05) is 18.9 Å². The van der Waals surface area contributed by atoms with Crippen LogP contribution in [0.15, 0.2) is 24.8 Å². The van der Waals surface area contributed by atoms with Crippen molar-refractivity contribution in [1.29, 1.82) is 0 Å². The van der Waals surface area contributed by atoms with Crippen molar-refractivity contribution in [2.75, 3.05) is 26.2 Å². The van der Waals surface area contributed by atoms with Gasteiger partial charge in [0.25, 0.3) is 0 Å². The first kappa shape index (κ1) is 16.2. The van der Waals surface area contributed by atoms with Gasteiger partial charge in [-0.05, 0) is 45.7 Å². The molecular formula is C18H24N6O. The predicted molar refractivity (Wildman–Crippen MR) is 93.3 cm³/mol. The molecule has 4 heterocycles. The number of carbonyl (C=O) groups is 1. The summed E-state index contributed by atoms with van der Waals surface area (Å²) in [5.74, 6) is 1.85. The molecule has 132 valence electrons. The summed E-state index contributed by atoms with van der Waals surface area (Å²) in [5.41, 5.74) is 0.873. The summed E-state index contributed by atoms with van der Waals surface area (Å²) in [6.07, 6.45) is 11.5. The van der Waals surface area contributed by atoms with E-state index >= 15 is 0 Å². The second kappa shape index (κ2) is 6.92. The molecule has 4 rings (SSSR count). The molecule has 1 atom stereocenters. The zero-order valence-electron chi connectivity index (χ0n) is 14.6. The van der Waals surface area contributed by atoms with Crippen LogP contribution in [-0.2, 0) is 4.79 Å². The van der Waals surface area contributed by atoms with E-state index in [-0.39, 0.29) is 11.9 Å². The standard InChI is InChI=1S/C18H24N6O/c1-14-20-6-10-23(14)17-12-19-11-15(21-17)16-5-4-9-24(16)18(25)13-22-7-2-3-8-22/h6,10-12,16H,2-5,7-9,13H2,1H3/t16-/m0/s1. The third kappa shape index (κ3) is 3.28. The monoisotopic (exact) mass is 340 g/mol. The molecule has 1 amide bonds. The molecule has 0 bridgehead atoms. The number of rotatable bonds is 4. The highest BCUT2D eigenvalue weighted by molar-refractivity contribution is 5.79. The number of aromatic nitrogens is 4. The maximum Gasteiger partial charge on any atom is 0.237 e. The van der Waals surface area contributed by atoms with Crippen LogP contribution in [0.5, 0.6) is 0 Å². The smallest absolute Gasteiger partial charge is 0.237 e. The number of likely N-dealkylation sites (tertiary alicyclic amines) is 2. The molecule has 0 N–H and O–H groups in total. The third-order valence-electron chi connectivity index (χ3n) is 5.19. The molecule has 2 aliphatic heterocycles. The first-order valence-electron chi connectivity index (χ1n) is 9.06. The Kier molecular flexibility index (Phi) is 4.48. The summed E-state index contributed by atoms with van der Waals surface area (Å²) in [6, 6.07) is 0.0337. The molecule has 2 saturated heterocycles. The highest BCUT2D eigenvalue weighted by Crippen LogP contribution is 2.31. The van der Waals surface area contributed by atoms with Crippen molar-refractivity contribution in [3.63, 3.8) is 0 Å². The number of amides is 1. The Morgan fingerprint density at radius 2 is 2.04 bits per heavy atom. The average molecular weight is 340 g/mol. The lowest BCUT2D eigenvalue weighted by molar-refractivity contribution is -0.133. The molecule has 0 radical (unpaired) electrons. The van der Waals surface area contributed by atoms with Gasteiger partial charge in [0.1, 0.15) is 5.82 Å². The van der Waals surface area contributed by atoms with Crippen LogP contribution in [0.3, 0.4) is 0 Å². The van der Waals surface area contributed by atoms with E-state index in [4.69, 9.17) is 4.98 Å². The number of imidazole rings is 1. The van der Waals surface area contributed by atoms with Gasteiger partial charge in [-0.3, -0.25) is 19.2 Å². The van der Waals surface area contributed by atoms with E-state index in [9.17, 15) is 4.79 Å². The fourth-order valence-corrected chi connectivity index (χ4v) is 3.86. The number of hydrogen-bond donors (Lipinski definition) is 0. The SMILES string of the molecule is Cc1nccn1-c1cncc([C@@H]2CCCN2C(=O)CN2CCCC2)n1. The van der Waals surface area contributed by atoms with Crippen LogP contribution in [0.2, 0.25) is 0 Å². The van der Waals surface area contributed by atoms with Crippen LogP contribution in [0, 0.1) is 6.92 Å². The van der Waals surface area contributed by atoms with Gasteiger partial charge in [-0.2, -0.15) is 0 Å². The van der Waals surface area contributed by atoms with E-state index in [0.717, 1.165) is 49.8 Å². The first-order chi connectivity index (χ1) is 12.2. The van der Waals surface area contributed by atoms with E-state index in [1.54, 1.807) is 18.6 Å². The Balaban J connectivity index is 1.54. The summed E-state index contributed by atoms with van der Waals surface area (Å²) >= 11 is 0. The Hall–Kier alpha value is -2.28. The van der Waals surface area contributed by atoms with Crippen molar-refractivity contribution in [1.82, 2.24) is 29.3 Å². The lowest BCUT2D eigenvalue weighted by atomic mass is 10.1. The highest BCUT2D eigenvalue weighted by atomic mass is 16.2. The lowest BCUT2D eigenvalue weighted by Gasteiger charge is -2.26. The van der Waals surface area contributed by atoms with Gasteiger partial charge in [0.2, 0.25) is 5.91 Å². The Labute approximate surface area is 147 Å². The summed E-state index contributed by atoms with van der Waals surface area (Å²) in [5, 5.41) is 0. The topological polar surface area (TPSA) is 67.2 Å². The number of carbonyl (C=O) groups excluding carboxylic acids is 1. The first-order valence-corrected chi connectivity index (χ1v) is 9.06. The fraction of sp³-hybridized carbons (Fsp3) is 0.556. The van der Waals surface area contributed by atoms with E-state index in [1.807, 2.05) is 22.6 Å². The second-order valence-corrected chi connectivity index (χ2v) is 6.88. The quantitative estimate of drug-likeness (QED) is 0.848. The van der Waals surface area contributed by atoms with Gasteiger partial charge < -0.3 is 4.90 Å². The van der Waals surface area contributed by atoms with Crippen molar-refractivity contribution < 1.29 is 4.79 Å². The van der Waals surface area contributed by atoms with E-state index in [2.05, 4.69) is 14.9 Å². The molecule has 2 fully saturated rings. The van der Waals surface area contributed by atoms with Crippen LogP contribution in [0.4, 0.5) is 0 Å². The van der Waals surface area contributed by atoms with Gasteiger partial charge >= 0.3 is 0 Å². The normalized spacial score (nSPS) is 21.2. The van der Waals surface area contributed by atoms with Gasteiger partial charge in [0.15, 0.2) is 5.82 Å². The Bertz CT molecular complexity index is 752. The van der Waals surface area contributed by atoms with Crippen molar-refractivity contribution in [3.05, 3.63) is 36.3 Å². The Morgan fingerprint density at radius 1 is 1.20 bits per heavy atom. The number of nitrogens with zero attached hydrogens (tertiary/aromatic N) is 6. The molecule has 7 heteroatoms. The Morgan fingerprint density at radius 3 is 2.80 bits per heavy atom. The van der Waals surface area contributed by atoms with E-state index in [1.165, 1.54) is 12.8 Å². The summed E-state index contributed by atoms with van der Waals surface area (Å²) in [4.78, 5) is 30.4. The fourth-order valence-electron chi connectivity index (χ4n) is 3.86. The zero-order chi connectivity index (χ0) is 17.2. The third-order valence-corrected chi connectivity index (χ3v) is 5.19. The average Bonchev–Trinajstić information content (AvgIpc) is 3.36. The van der Waals surface area contributed by atoms with Crippen LogP contribution in [-0.4, -0.2) is 61.4 Å². The van der Waals surface area contributed by atoms with Gasteiger partial charge in [-0.15, -0.1) is 0 Å². The largest absolute Gasteiger partial charge is 0.333 e. The molecule has 2 aliphatic rings. The van der Waals surface area contributed by atoms with Crippen molar-refractivity contribution in [2.45, 2.75) is 38.6 Å². The summed E-state index contributed by atoms with van der Waals surface area (Å²) in [7, 11) is 0. The molecule has 25 heavy (non-hydrogen) atoms. The minimum Gasteiger partial charge on any atom is -0.333 e. The van der Waals surface area contributed by atoms with Crippen LogP contribution in [0.25, 0.3) is 5.82 Å². The van der Waals surface area contributed by atoms with Gasteiger partial charge in [-0.25, -0.2) is 9.97 Å². The van der Waals surface area contributed by atoms with Crippen LogP contribution >= 0.6 is 0 Å². The van der Waals surface area contributed by atoms with Crippen LogP contribution < -0.4 is 0 Å². The second-order valence-electron chi connectivity index (χ2n) is 6.88. The molecule has 0 aromatic carbocycles. The number of aryl methyl sites for hydroxylation is 1. The van der Waals surface area contributed by atoms with Crippen LogP contribution in [0.1, 0.15) is 43.2 Å². The van der Waals surface area contributed by atoms with Gasteiger partial charge in [-0.1, -0.05) is 0 Å². The van der Waals surface area contributed by atoms with Crippen molar-refractivity contribution >= 4 is 5.91 Å². The molecule has 2 aromatic rings. The van der Waals surface area contributed by atoms with Crippen molar-refractivity contribution in [3.8, 4) is 5.82 Å². The van der Waals surface area contributed by atoms with E-state index in [0.29, 0.717) is 6.54 Å². The molecule has 0 unspecified atom stereocenters. The molecule has 0 spiro atoms. The minimum atomic E-state index is 0.0337. The summed E-state index contributed by atoms with van der Waals surface area (Å²) in [6.45, 7) is 5.37. The molecule has 0 saturated carbocycles. The molecular weight excluding hydrogens is 316 g/mol. The summed E-state index contributed by atoms with van der Waals surface area (Å²) < 4.78 is 1.92. The van der Waals surface area contributed by atoms with Crippen molar-refractivity contribution in [2.24, 2.45) is 0 Å².